The molecule has 2 aromatic heterocycles. The summed E-state index contributed by atoms with van der Waals surface area (Å²) in [5.41, 5.74) is 5.49. The van der Waals surface area contributed by atoms with Gasteiger partial charge in [0.2, 0.25) is 5.91 Å². The van der Waals surface area contributed by atoms with E-state index < -0.39 is 12.1 Å². The molecule has 266 valence electrons. The number of fused-ring (bicyclic) bond motifs is 2. The number of amides is 2. The van der Waals surface area contributed by atoms with Gasteiger partial charge < -0.3 is 18.9 Å². The van der Waals surface area contributed by atoms with Crippen molar-refractivity contribution in [3.63, 3.8) is 0 Å². The van der Waals surface area contributed by atoms with Crippen LogP contribution < -0.4 is 0 Å². The fourth-order valence-corrected chi connectivity index (χ4v) is 8.62. The molecule has 3 atom stereocenters. The lowest BCUT2D eigenvalue weighted by atomic mass is 9.94. The van der Waals surface area contributed by atoms with E-state index in [0.717, 1.165) is 49.2 Å². The summed E-state index contributed by atoms with van der Waals surface area (Å²) in [6.45, 7) is 6.76. The number of hydrogen-bond donors (Lipinski definition) is 0. The SMILES string of the molecule is CC(=O)OC1CCC(OC(=O)N2CCN([C@H]3c4ccc(Cl)cc4CCc4cccnc43)C[C@@H]2C(=O)N2CCCC(Cn3cnc(C)c3)C2)CC1. The highest BCUT2D eigenvalue weighted by Gasteiger charge is 2.43. The molecular weight excluding hydrogens is 656 g/mol. The van der Waals surface area contributed by atoms with Crippen LogP contribution in [0.5, 0.6) is 0 Å². The van der Waals surface area contributed by atoms with Gasteiger partial charge in [-0.15, -0.1) is 0 Å². The van der Waals surface area contributed by atoms with Gasteiger partial charge in [-0.25, -0.2) is 9.78 Å². The molecule has 2 amide bonds. The average Bonchev–Trinajstić information content (AvgIpc) is 3.45. The highest BCUT2D eigenvalue weighted by molar-refractivity contribution is 6.30. The van der Waals surface area contributed by atoms with Gasteiger partial charge in [0.15, 0.2) is 0 Å². The standard InChI is InChI=1S/C38H47ClN6O5/c1-25-20-42(24-41-25)21-27-5-4-16-44(22-27)37(47)34-23-43(17-18-45(34)38(48)50-32-12-10-31(11-13-32)49-26(2)46)36-33-14-9-30(39)19-29(33)8-7-28-6-3-15-40-35(28)36/h3,6,9,14-15,19-20,24,27,31-32,34,36H,4-5,7-8,10-13,16-18,21-23H2,1-2H3/t27?,31?,32?,34-,36+/m1/s1. The quantitative estimate of drug-likeness (QED) is 0.316. The molecule has 0 N–H and O–H groups in total. The van der Waals surface area contributed by atoms with E-state index in [2.05, 4.69) is 32.7 Å². The first-order valence-electron chi connectivity index (χ1n) is 18.1. The lowest BCUT2D eigenvalue weighted by Crippen LogP contribution is -2.62. The van der Waals surface area contributed by atoms with Crippen molar-refractivity contribution in [2.75, 3.05) is 32.7 Å². The Kier molecular flexibility index (Phi) is 10.4. The number of esters is 1. The van der Waals surface area contributed by atoms with Crippen LogP contribution in [0.2, 0.25) is 5.02 Å². The number of halogens is 1. The van der Waals surface area contributed by atoms with Gasteiger partial charge in [-0.1, -0.05) is 23.7 Å². The summed E-state index contributed by atoms with van der Waals surface area (Å²) in [6.07, 6.45) is 11.0. The number of hydrogen-bond acceptors (Lipinski definition) is 8. The van der Waals surface area contributed by atoms with Gasteiger partial charge >= 0.3 is 12.1 Å². The van der Waals surface area contributed by atoms with Gasteiger partial charge in [0.05, 0.1) is 23.8 Å². The molecule has 2 aliphatic carbocycles. The number of piperazine rings is 1. The molecule has 2 saturated heterocycles. The first-order chi connectivity index (χ1) is 24.2. The zero-order chi connectivity index (χ0) is 34.8. The number of nitrogens with zero attached hydrogens (tertiary/aromatic N) is 6. The van der Waals surface area contributed by atoms with Crippen molar-refractivity contribution in [2.24, 2.45) is 5.92 Å². The van der Waals surface area contributed by atoms with Gasteiger partial charge in [0.1, 0.15) is 18.2 Å². The van der Waals surface area contributed by atoms with Gasteiger partial charge in [-0.05, 0) is 99.1 Å². The van der Waals surface area contributed by atoms with Gasteiger partial charge in [-0.3, -0.25) is 24.4 Å². The van der Waals surface area contributed by atoms with Gasteiger partial charge in [-0.2, -0.15) is 0 Å². The zero-order valence-corrected chi connectivity index (χ0v) is 29.8. The molecule has 1 saturated carbocycles. The predicted molar refractivity (Wildman–Crippen MR) is 188 cm³/mol. The molecule has 1 aromatic carbocycles. The number of aromatic nitrogens is 3. The number of piperidine rings is 1. The van der Waals surface area contributed by atoms with Gasteiger partial charge in [0.25, 0.3) is 0 Å². The molecule has 0 bridgehead atoms. The van der Waals surface area contributed by atoms with E-state index >= 15 is 0 Å². The number of benzene rings is 1. The summed E-state index contributed by atoms with van der Waals surface area (Å²) in [6, 6.07) is 9.32. The molecule has 4 heterocycles. The van der Waals surface area contributed by atoms with E-state index in [1.54, 1.807) is 4.90 Å². The summed E-state index contributed by atoms with van der Waals surface area (Å²) in [5.74, 6) is -0.0340. The minimum absolute atomic E-state index is 0.0390. The molecular formula is C38H47ClN6O5. The fraction of sp³-hybridized carbons (Fsp3) is 0.553. The van der Waals surface area contributed by atoms with Crippen LogP contribution in [0.1, 0.15) is 79.6 Å². The Labute approximate surface area is 298 Å². The van der Waals surface area contributed by atoms with E-state index in [-0.39, 0.29) is 30.1 Å². The van der Waals surface area contributed by atoms with E-state index in [9.17, 15) is 14.4 Å². The van der Waals surface area contributed by atoms with Crippen LogP contribution in [0.15, 0.2) is 49.1 Å². The van der Waals surface area contributed by atoms with E-state index in [0.29, 0.717) is 69.3 Å². The lowest BCUT2D eigenvalue weighted by Gasteiger charge is -2.46. The second-order valence-electron chi connectivity index (χ2n) is 14.4. The van der Waals surface area contributed by atoms with Crippen molar-refractivity contribution >= 4 is 29.6 Å². The van der Waals surface area contributed by atoms with Crippen LogP contribution in [-0.2, 0) is 38.4 Å². The van der Waals surface area contributed by atoms with E-state index in [1.807, 2.05) is 42.7 Å². The Hall–Kier alpha value is -3.96. The predicted octanol–water partition coefficient (Wildman–Crippen LogP) is 5.36. The summed E-state index contributed by atoms with van der Waals surface area (Å²) in [4.78, 5) is 55.4. The first kappa shape index (κ1) is 34.5. The van der Waals surface area contributed by atoms with Crippen molar-refractivity contribution < 1.29 is 23.9 Å². The molecule has 3 fully saturated rings. The van der Waals surface area contributed by atoms with Crippen LogP contribution in [0, 0.1) is 12.8 Å². The van der Waals surface area contributed by atoms with Crippen LogP contribution in [0.4, 0.5) is 4.79 Å². The van der Waals surface area contributed by atoms with Crippen molar-refractivity contribution in [2.45, 2.75) is 96.1 Å². The number of carbonyl (C=O) groups is 3. The Morgan fingerprint density at radius 3 is 2.46 bits per heavy atom. The third kappa shape index (κ3) is 7.68. The maximum atomic E-state index is 14.7. The Bertz CT molecular complexity index is 1710. The van der Waals surface area contributed by atoms with E-state index in [4.69, 9.17) is 26.1 Å². The molecule has 4 aliphatic rings. The van der Waals surface area contributed by atoms with Crippen LogP contribution in [0.25, 0.3) is 0 Å². The second kappa shape index (κ2) is 15.1. The monoisotopic (exact) mass is 702 g/mol. The minimum Gasteiger partial charge on any atom is -0.463 e. The molecule has 12 heteroatoms. The summed E-state index contributed by atoms with van der Waals surface area (Å²) in [5, 5.41) is 0.703. The topological polar surface area (TPSA) is 110 Å². The summed E-state index contributed by atoms with van der Waals surface area (Å²) in [7, 11) is 0. The smallest absolute Gasteiger partial charge is 0.410 e. The summed E-state index contributed by atoms with van der Waals surface area (Å²) < 4.78 is 13.6. The minimum atomic E-state index is -0.714. The van der Waals surface area contributed by atoms with Gasteiger partial charge in [0, 0.05) is 63.6 Å². The molecule has 3 aromatic rings. The highest BCUT2D eigenvalue weighted by atomic mass is 35.5. The number of pyridine rings is 1. The Morgan fingerprint density at radius 2 is 1.70 bits per heavy atom. The fourth-order valence-electron chi connectivity index (χ4n) is 8.43. The number of aryl methyl sites for hydroxylation is 3. The third-order valence-corrected chi connectivity index (χ3v) is 11.1. The maximum Gasteiger partial charge on any atom is 0.410 e. The number of rotatable bonds is 6. The average molecular weight is 703 g/mol. The zero-order valence-electron chi connectivity index (χ0n) is 29.0. The van der Waals surface area contributed by atoms with Crippen molar-refractivity contribution in [1.29, 1.82) is 0 Å². The van der Waals surface area contributed by atoms with Crippen molar-refractivity contribution in [3.8, 4) is 0 Å². The summed E-state index contributed by atoms with van der Waals surface area (Å²) >= 11 is 6.49. The Morgan fingerprint density at radius 1 is 0.920 bits per heavy atom. The molecule has 50 heavy (non-hydrogen) atoms. The Balaban J connectivity index is 1.14. The molecule has 11 nitrogen and oxygen atoms in total. The number of carbonyl (C=O) groups excluding carboxylic acids is 3. The second-order valence-corrected chi connectivity index (χ2v) is 14.8. The van der Waals surface area contributed by atoms with Crippen LogP contribution >= 0.6 is 11.6 Å². The van der Waals surface area contributed by atoms with Crippen molar-refractivity contribution in [1.82, 2.24) is 29.2 Å². The molecule has 7 rings (SSSR count). The number of likely N-dealkylation sites (tertiary alicyclic amines) is 1. The van der Waals surface area contributed by atoms with E-state index in [1.165, 1.54) is 18.1 Å². The largest absolute Gasteiger partial charge is 0.463 e. The number of imidazole rings is 1. The number of ether oxygens (including phenoxy) is 2. The maximum absolute atomic E-state index is 14.7. The highest BCUT2D eigenvalue weighted by Crippen LogP contribution is 2.38. The molecule has 0 spiro atoms. The van der Waals surface area contributed by atoms with Crippen molar-refractivity contribution in [3.05, 3.63) is 82.2 Å². The third-order valence-electron chi connectivity index (χ3n) is 10.8. The lowest BCUT2D eigenvalue weighted by molar-refractivity contribution is -0.148. The van der Waals surface area contributed by atoms with Crippen LogP contribution in [0.3, 0.4) is 0 Å². The first-order valence-corrected chi connectivity index (χ1v) is 18.5. The van der Waals surface area contributed by atoms with Crippen LogP contribution in [-0.4, -0.2) is 98.2 Å². The molecule has 1 unspecified atom stereocenters. The molecule has 2 aliphatic heterocycles. The normalized spacial score (nSPS) is 25.6. The molecule has 0 radical (unpaired) electrons.